The molecule has 0 aliphatic carbocycles. The third-order valence-corrected chi connectivity index (χ3v) is 5.37. The normalized spacial score (nSPS) is 10.9. The highest BCUT2D eigenvalue weighted by Gasteiger charge is 2.27. The molecule has 1 heterocycles. The van der Waals surface area contributed by atoms with Gasteiger partial charge < -0.3 is 9.30 Å². The molecule has 0 spiro atoms. The van der Waals surface area contributed by atoms with E-state index in [1.807, 2.05) is 0 Å². The summed E-state index contributed by atoms with van der Waals surface area (Å²) in [5, 5.41) is 0.630. The van der Waals surface area contributed by atoms with E-state index in [0.717, 1.165) is 19.2 Å². The van der Waals surface area contributed by atoms with E-state index in [4.69, 9.17) is 27.9 Å². The maximum Gasteiger partial charge on any atom is 0.344 e. The summed E-state index contributed by atoms with van der Waals surface area (Å²) >= 11 is 12.3. The van der Waals surface area contributed by atoms with Gasteiger partial charge in [0.05, 0.1) is 23.4 Å². The zero-order chi connectivity index (χ0) is 22.2. The van der Waals surface area contributed by atoms with Gasteiger partial charge >= 0.3 is 5.97 Å². The third kappa shape index (κ3) is 3.73. The van der Waals surface area contributed by atoms with Crippen molar-refractivity contribution < 1.29 is 18.3 Å². The molecule has 3 rings (SSSR count). The van der Waals surface area contributed by atoms with Crippen molar-refractivity contribution in [3.8, 4) is 22.4 Å². The largest absolute Gasteiger partial charge is 0.465 e. The second-order valence-corrected chi connectivity index (χ2v) is 7.35. The van der Waals surface area contributed by atoms with Crippen molar-refractivity contribution in [2.75, 3.05) is 7.11 Å². The molecule has 0 atom stereocenters. The van der Waals surface area contributed by atoms with Gasteiger partial charge in [-0.1, -0.05) is 29.3 Å². The van der Waals surface area contributed by atoms with Crippen molar-refractivity contribution in [2.24, 2.45) is 0 Å². The molecular weight excluding hydrogens is 435 g/mol. The average Bonchev–Trinajstić information content (AvgIpc) is 2.70. The maximum absolute atomic E-state index is 13.9. The number of ether oxygens (including phenoxy) is 1. The van der Waals surface area contributed by atoms with Crippen LogP contribution in [0.2, 0.25) is 10.0 Å². The lowest BCUT2D eigenvalue weighted by atomic mass is 9.96. The topological polar surface area (TPSA) is 48.3 Å². The Morgan fingerprint density at radius 3 is 2.37 bits per heavy atom. The molecule has 4 nitrogen and oxygen atoms in total. The molecular formula is C22H17Cl2F2NO3. The maximum atomic E-state index is 13.9. The molecule has 0 aliphatic heterocycles. The van der Waals surface area contributed by atoms with Crippen molar-refractivity contribution in [1.29, 1.82) is 0 Å². The quantitative estimate of drug-likeness (QED) is 0.465. The Morgan fingerprint density at radius 1 is 1.10 bits per heavy atom. The van der Waals surface area contributed by atoms with Crippen LogP contribution in [-0.2, 0) is 11.3 Å². The van der Waals surface area contributed by atoms with Gasteiger partial charge in [-0.15, -0.1) is 0 Å². The summed E-state index contributed by atoms with van der Waals surface area (Å²) in [7, 11) is 1.14. The van der Waals surface area contributed by atoms with Crippen molar-refractivity contribution in [1.82, 2.24) is 4.57 Å². The van der Waals surface area contributed by atoms with Gasteiger partial charge in [-0.3, -0.25) is 4.79 Å². The van der Waals surface area contributed by atoms with Crippen LogP contribution in [0, 0.1) is 18.6 Å². The summed E-state index contributed by atoms with van der Waals surface area (Å²) in [6, 6.07) is 7.85. The number of carbonyl (C=O) groups excluding carboxylic acids is 1. The number of nitrogens with zero attached hydrogens (tertiary/aromatic N) is 1. The Balaban J connectivity index is 2.49. The van der Waals surface area contributed by atoms with Gasteiger partial charge in [-0.2, -0.15) is 0 Å². The van der Waals surface area contributed by atoms with E-state index in [1.165, 1.54) is 12.1 Å². The Kier molecular flexibility index (Phi) is 6.29. The van der Waals surface area contributed by atoms with E-state index >= 15 is 0 Å². The molecule has 0 aliphatic rings. The van der Waals surface area contributed by atoms with Crippen molar-refractivity contribution >= 4 is 29.2 Å². The van der Waals surface area contributed by atoms with E-state index in [2.05, 4.69) is 0 Å². The molecule has 156 valence electrons. The molecule has 0 fully saturated rings. The second kappa shape index (κ2) is 8.58. The van der Waals surface area contributed by atoms with Gasteiger partial charge in [0.15, 0.2) is 11.6 Å². The van der Waals surface area contributed by atoms with Crippen LogP contribution in [0.15, 0.2) is 41.2 Å². The lowest BCUT2D eigenvalue weighted by Gasteiger charge is -2.22. The first-order valence-corrected chi connectivity index (χ1v) is 9.73. The standard InChI is InChI=1S/C22H17Cl2F2NO3/c1-4-27-11(2)18(14-7-6-13(23)10-15(14)24)21(28)19(22(29)30-3)20(27)12-5-8-16(25)17(26)9-12/h5-10H,4H2,1-3H3. The van der Waals surface area contributed by atoms with Crippen LogP contribution in [0.4, 0.5) is 8.78 Å². The average molecular weight is 452 g/mol. The van der Waals surface area contributed by atoms with Gasteiger partial charge in [-0.05, 0) is 44.2 Å². The fourth-order valence-corrected chi connectivity index (χ4v) is 3.98. The highest BCUT2D eigenvalue weighted by atomic mass is 35.5. The molecule has 1 aromatic heterocycles. The van der Waals surface area contributed by atoms with Crippen molar-refractivity contribution in [2.45, 2.75) is 20.4 Å². The zero-order valence-corrected chi connectivity index (χ0v) is 17.9. The van der Waals surface area contributed by atoms with E-state index in [0.29, 0.717) is 22.8 Å². The fourth-order valence-electron chi connectivity index (χ4n) is 3.47. The molecule has 0 N–H and O–H groups in total. The van der Waals surface area contributed by atoms with Crippen LogP contribution in [0.5, 0.6) is 0 Å². The minimum atomic E-state index is -1.10. The number of carbonyl (C=O) groups is 1. The summed E-state index contributed by atoms with van der Waals surface area (Å²) < 4.78 is 33.9. The molecule has 0 amide bonds. The molecule has 3 aromatic rings. The summed E-state index contributed by atoms with van der Waals surface area (Å²) in [6.07, 6.45) is 0. The molecule has 0 unspecified atom stereocenters. The predicted molar refractivity (Wildman–Crippen MR) is 113 cm³/mol. The molecule has 0 radical (unpaired) electrons. The number of esters is 1. The first-order valence-electron chi connectivity index (χ1n) is 8.97. The molecule has 30 heavy (non-hydrogen) atoms. The second-order valence-electron chi connectivity index (χ2n) is 6.50. The number of pyridine rings is 1. The van der Waals surface area contributed by atoms with Crippen LogP contribution >= 0.6 is 23.2 Å². The Morgan fingerprint density at radius 2 is 1.80 bits per heavy atom. The number of hydrogen-bond acceptors (Lipinski definition) is 3. The van der Waals surface area contributed by atoms with Crippen LogP contribution in [0.25, 0.3) is 22.4 Å². The van der Waals surface area contributed by atoms with E-state index in [9.17, 15) is 18.4 Å². The van der Waals surface area contributed by atoms with Crippen LogP contribution in [0.1, 0.15) is 23.0 Å². The minimum Gasteiger partial charge on any atom is -0.465 e. The van der Waals surface area contributed by atoms with Crippen molar-refractivity contribution in [3.63, 3.8) is 0 Å². The molecule has 2 aromatic carbocycles. The minimum absolute atomic E-state index is 0.139. The number of methoxy groups -OCH3 is 1. The first kappa shape index (κ1) is 22.0. The van der Waals surface area contributed by atoms with E-state index in [-0.39, 0.29) is 27.4 Å². The number of aromatic nitrogens is 1. The number of halogens is 4. The summed E-state index contributed by atoms with van der Waals surface area (Å²) in [5.41, 5.74) is 0.479. The summed E-state index contributed by atoms with van der Waals surface area (Å²) in [6.45, 7) is 3.83. The number of benzene rings is 2. The van der Waals surface area contributed by atoms with Gasteiger partial charge in [0, 0.05) is 28.4 Å². The van der Waals surface area contributed by atoms with Gasteiger partial charge in [-0.25, -0.2) is 13.6 Å². The molecule has 8 heteroatoms. The summed E-state index contributed by atoms with van der Waals surface area (Å²) in [4.78, 5) is 26.1. The molecule has 0 saturated heterocycles. The highest BCUT2D eigenvalue weighted by molar-refractivity contribution is 6.36. The Bertz CT molecular complexity index is 1220. The first-order chi connectivity index (χ1) is 14.2. The monoisotopic (exact) mass is 451 g/mol. The third-order valence-electron chi connectivity index (χ3n) is 4.83. The zero-order valence-electron chi connectivity index (χ0n) is 16.4. The Labute approximate surface area is 181 Å². The fraction of sp³-hybridized carbons (Fsp3) is 0.182. The molecule has 0 bridgehead atoms. The SMILES string of the molecule is CCn1c(C)c(-c2ccc(Cl)cc2Cl)c(=O)c(C(=O)OC)c1-c1ccc(F)c(F)c1. The lowest BCUT2D eigenvalue weighted by Crippen LogP contribution is -2.26. The number of hydrogen-bond donors (Lipinski definition) is 0. The van der Waals surface area contributed by atoms with E-state index in [1.54, 1.807) is 30.5 Å². The van der Waals surface area contributed by atoms with Gasteiger partial charge in [0.1, 0.15) is 5.56 Å². The lowest BCUT2D eigenvalue weighted by molar-refractivity contribution is 0.0599. The Hall–Kier alpha value is -2.70. The van der Waals surface area contributed by atoms with Gasteiger partial charge in [0.25, 0.3) is 0 Å². The smallest absolute Gasteiger partial charge is 0.344 e. The van der Waals surface area contributed by atoms with Crippen molar-refractivity contribution in [3.05, 3.63) is 79.6 Å². The summed E-state index contributed by atoms with van der Waals surface area (Å²) in [5.74, 6) is -3.03. The van der Waals surface area contributed by atoms with Crippen LogP contribution in [0.3, 0.4) is 0 Å². The van der Waals surface area contributed by atoms with Gasteiger partial charge in [0.2, 0.25) is 5.43 Å². The highest BCUT2D eigenvalue weighted by Crippen LogP contribution is 2.34. The van der Waals surface area contributed by atoms with Crippen LogP contribution < -0.4 is 5.43 Å². The molecule has 0 saturated carbocycles. The predicted octanol–water partition coefficient (Wildman–Crippen LogP) is 5.88. The number of rotatable bonds is 4. The van der Waals surface area contributed by atoms with E-state index < -0.39 is 23.0 Å². The van der Waals surface area contributed by atoms with Crippen LogP contribution in [-0.4, -0.2) is 17.6 Å².